The smallest absolute Gasteiger partial charge is 0.224 e. The zero-order chi connectivity index (χ0) is 12.0. The summed E-state index contributed by atoms with van der Waals surface area (Å²) >= 11 is 0. The topological polar surface area (TPSA) is 62.9 Å². The Morgan fingerprint density at radius 3 is 3.06 bits per heavy atom. The molecule has 1 aromatic carbocycles. The Morgan fingerprint density at radius 1 is 1.47 bits per heavy atom. The minimum atomic E-state index is 0.279. The van der Waals surface area contributed by atoms with Crippen molar-refractivity contribution < 1.29 is 4.74 Å². The fraction of sp³-hybridized carbons (Fsp3) is 0.333. The van der Waals surface area contributed by atoms with Gasteiger partial charge in [-0.3, -0.25) is 9.98 Å². The molecule has 0 radical (unpaired) electrons. The summed E-state index contributed by atoms with van der Waals surface area (Å²) in [5.41, 5.74) is 2.08. The fourth-order valence-corrected chi connectivity index (χ4v) is 2.34. The highest BCUT2D eigenvalue weighted by Gasteiger charge is 2.17. The number of methoxy groups -OCH3 is 1. The molecule has 88 valence electrons. The van der Waals surface area contributed by atoms with E-state index < -0.39 is 0 Å². The van der Waals surface area contributed by atoms with E-state index in [2.05, 4.69) is 10.3 Å². The van der Waals surface area contributed by atoms with Crippen LogP contribution in [0.1, 0.15) is 5.56 Å². The van der Waals surface area contributed by atoms with Crippen LogP contribution in [0, 0.1) is 12.3 Å². The van der Waals surface area contributed by atoms with Gasteiger partial charge < -0.3 is 10.1 Å². The van der Waals surface area contributed by atoms with E-state index in [0.29, 0.717) is 0 Å². The quantitative estimate of drug-likeness (QED) is 0.775. The van der Waals surface area contributed by atoms with E-state index in [1.54, 1.807) is 7.11 Å². The zero-order valence-electron chi connectivity index (χ0n) is 9.87. The van der Waals surface area contributed by atoms with Crippen molar-refractivity contribution in [3.05, 3.63) is 23.3 Å². The van der Waals surface area contributed by atoms with Gasteiger partial charge in [0, 0.05) is 18.5 Å². The predicted octanol–water partition coefficient (Wildman–Crippen LogP) is 1.26. The molecule has 5 heteroatoms. The predicted molar refractivity (Wildman–Crippen MR) is 65.4 cm³/mol. The molecule has 0 unspecified atom stereocenters. The van der Waals surface area contributed by atoms with Gasteiger partial charge in [-0.15, -0.1) is 0 Å². The van der Waals surface area contributed by atoms with Crippen LogP contribution in [0.25, 0.3) is 10.9 Å². The lowest BCUT2D eigenvalue weighted by Gasteiger charge is -2.11. The Balaban J connectivity index is 2.48. The van der Waals surface area contributed by atoms with Crippen LogP contribution in [0.4, 0.5) is 5.82 Å². The first-order valence-corrected chi connectivity index (χ1v) is 5.59. The molecule has 1 aliphatic heterocycles. The van der Waals surface area contributed by atoms with Crippen molar-refractivity contribution in [3.8, 4) is 5.75 Å². The first-order chi connectivity index (χ1) is 8.22. The maximum absolute atomic E-state index is 7.93. The van der Waals surface area contributed by atoms with Crippen LogP contribution in [0.3, 0.4) is 0 Å². The SMILES string of the molecule is COc1c(C)ccc2c3n(c(=N)nc12)CCN3. The molecule has 2 aromatic rings. The van der Waals surface area contributed by atoms with Gasteiger partial charge >= 0.3 is 0 Å². The van der Waals surface area contributed by atoms with Crippen LogP contribution in [0.2, 0.25) is 0 Å². The average molecular weight is 230 g/mol. The van der Waals surface area contributed by atoms with Crippen LogP contribution >= 0.6 is 0 Å². The molecule has 5 nitrogen and oxygen atoms in total. The monoisotopic (exact) mass is 230 g/mol. The van der Waals surface area contributed by atoms with E-state index in [0.717, 1.165) is 41.1 Å². The van der Waals surface area contributed by atoms with E-state index in [1.807, 2.05) is 23.6 Å². The van der Waals surface area contributed by atoms with Gasteiger partial charge in [0.25, 0.3) is 0 Å². The molecule has 0 amide bonds. The highest BCUT2D eigenvalue weighted by molar-refractivity contribution is 5.94. The van der Waals surface area contributed by atoms with Gasteiger partial charge in [-0.25, -0.2) is 4.98 Å². The Kier molecular flexibility index (Phi) is 2.07. The van der Waals surface area contributed by atoms with Crippen molar-refractivity contribution in [2.45, 2.75) is 13.5 Å². The number of aryl methyl sites for hydroxylation is 1. The van der Waals surface area contributed by atoms with Gasteiger partial charge in [-0.2, -0.15) is 0 Å². The molecule has 0 spiro atoms. The molecule has 0 saturated heterocycles. The third-order valence-corrected chi connectivity index (χ3v) is 3.16. The largest absolute Gasteiger partial charge is 0.494 e. The van der Waals surface area contributed by atoms with Crippen molar-refractivity contribution in [2.24, 2.45) is 0 Å². The molecular weight excluding hydrogens is 216 g/mol. The lowest BCUT2D eigenvalue weighted by atomic mass is 10.1. The number of anilines is 1. The summed E-state index contributed by atoms with van der Waals surface area (Å²) in [6, 6.07) is 4.05. The number of fused-ring (bicyclic) bond motifs is 3. The first kappa shape index (κ1) is 10.1. The molecule has 17 heavy (non-hydrogen) atoms. The number of benzene rings is 1. The second-order valence-corrected chi connectivity index (χ2v) is 4.17. The standard InChI is InChI=1S/C12H14N4O/c1-7-3-4-8-9(10(7)17-2)15-12(13)16-6-5-14-11(8)16/h3-4,13-14H,5-6H2,1-2H3. The molecule has 3 rings (SSSR count). The third kappa shape index (κ3) is 1.32. The van der Waals surface area contributed by atoms with Gasteiger partial charge in [0.1, 0.15) is 17.1 Å². The molecule has 1 aromatic heterocycles. The lowest BCUT2D eigenvalue weighted by molar-refractivity contribution is 0.415. The summed E-state index contributed by atoms with van der Waals surface area (Å²) in [5.74, 6) is 1.73. The number of rotatable bonds is 1. The van der Waals surface area contributed by atoms with Gasteiger partial charge in [-0.1, -0.05) is 6.07 Å². The molecule has 0 saturated carbocycles. The third-order valence-electron chi connectivity index (χ3n) is 3.16. The van der Waals surface area contributed by atoms with E-state index in [9.17, 15) is 0 Å². The summed E-state index contributed by atoms with van der Waals surface area (Å²) in [7, 11) is 1.64. The highest BCUT2D eigenvalue weighted by atomic mass is 16.5. The van der Waals surface area contributed by atoms with Crippen LogP contribution < -0.4 is 15.7 Å². The fourth-order valence-electron chi connectivity index (χ4n) is 2.34. The van der Waals surface area contributed by atoms with Crippen LogP contribution in [-0.4, -0.2) is 23.2 Å². The summed E-state index contributed by atoms with van der Waals surface area (Å²) in [6.45, 7) is 3.63. The van der Waals surface area contributed by atoms with E-state index >= 15 is 0 Å². The molecule has 0 aliphatic carbocycles. The Labute approximate surface area is 98.6 Å². The summed E-state index contributed by atoms with van der Waals surface area (Å²) in [4.78, 5) is 4.34. The number of nitrogens with zero attached hydrogens (tertiary/aromatic N) is 2. The van der Waals surface area contributed by atoms with Crippen LogP contribution in [0.5, 0.6) is 5.75 Å². The molecule has 0 bridgehead atoms. The van der Waals surface area contributed by atoms with E-state index in [4.69, 9.17) is 10.1 Å². The van der Waals surface area contributed by atoms with Crippen molar-refractivity contribution in [1.29, 1.82) is 5.41 Å². The minimum absolute atomic E-state index is 0.279. The molecule has 0 atom stereocenters. The molecule has 2 heterocycles. The van der Waals surface area contributed by atoms with Crippen LogP contribution in [0.15, 0.2) is 12.1 Å². The molecule has 2 N–H and O–H groups in total. The second kappa shape index (κ2) is 3.48. The van der Waals surface area contributed by atoms with Gasteiger partial charge in [0.05, 0.1) is 7.11 Å². The maximum atomic E-state index is 7.93. The molecule has 1 aliphatic rings. The maximum Gasteiger partial charge on any atom is 0.224 e. The summed E-state index contributed by atoms with van der Waals surface area (Å²) in [5, 5.41) is 12.2. The van der Waals surface area contributed by atoms with Gasteiger partial charge in [-0.05, 0) is 18.6 Å². The Bertz CT molecular complexity index is 660. The number of hydrogen-bond acceptors (Lipinski definition) is 4. The van der Waals surface area contributed by atoms with Crippen molar-refractivity contribution in [3.63, 3.8) is 0 Å². The normalized spacial score (nSPS) is 13.5. The number of ether oxygens (including phenoxy) is 1. The zero-order valence-corrected chi connectivity index (χ0v) is 9.87. The summed E-state index contributed by atoms with van der Waals surface area (Å²) in [6.07, 6.45) is 0. The van der Waals surface area contributed by atoms with Gasteiger partial charge in [0.15, 0.2) is 0 Å². The Hall–Kier alpha value is -2.04. The average Bonchev–Trinajstić information content (AvgIpc) is 2.79. The first-order valence-electron chi connectivity index (χ1n) is 5.59. The Morgan fingerprint density at radius 2 is 2.29 bits per heavy atom. The van der Waals surface area contributed by atoms with Crippen molar-refractivity contribution in [2.75, 3.05) is 19.0 Å². The number of aromatic nitrogens is 2. The summed E-state index contributed by atoms with van der Waals surface area (Å²) < 4.78 is 7.28. The van der Waals surface area contributed by atoms with E-state index in [1.165, 1.54) is 0 Å². The minimum Gasteiger partial charge on any atom is -0.494 e. The van der Waals surface area contributed by atoms with Crippen molar-refractivity contribution in [1.82, 2.24) is 9.55 Å². The van der Waals surface area contributed by atoms with Gasteiger partial charge in [0.2, 0.25) is 5.62 Å². The van der Waals surface area contributed by atoms with E-state index in [-0.39, 0.29) is 5.62 Å². The highest BCUT2D eigenvalue weighted by Crippen LogP contribution is 2.31. The number of nitrogens with one attached hydrogen (secondary N) is 2. The number of hydrogen-bond donors (Lipinski definition) is 2. The van der Waals surface area contributed by atoms with Crippen LogP contribution in [-0.2, 0) is 6.54 Å². The molecular formula is C12H14N4O. The molecule has 0 fully saturated rings. The lowest BCUT2D eigenvalue weighted by Crippen LogP contribution is -2.21. The van der Waals surface area contributed by atoms with Crippen molar-refractivity contribution >= 4 is 16.7 Å². The second-order valence-electron chi connectivity index (χ2n) is 4.17.